The first-order valence-electron chi connectivity index (χ1n) is 5.51. The molecule has 0 saturated carbocycles. The van der Waals surface area contributed by atoms with Crippen LogP contribution in [0.1, 0.15) is 17.0 Å². The number of rotatable bonds is 1. The molecule has 90 valence electrons. The van der Waals surface area contributed by atoms with E-state index in [-0.39, 0.29) is 11.8 Å². The molecule has 2 nitrogen and oxygen atoms in total. The Morgan fingerprint density at radius 2 is 1.67 bits per heavy atom. The van der Waals surface area contributed by atoms with Gasteiger partial charge in [-0.3, -0.25) is 4.79 Å². The van der Waals surface area contributed by atoms with Crippen LogP contribution in [0.3, 0.4) is 0 Å². The number of benzene rings is 2. The first-order valence-corrected chi connectivity index (χ1v) is 6.27. The average molecular weight is 278 g/mol. The Morgan fingerprint density at radius 1 is 1.00 bits per heavy atom. The van der Waals surface area contributed by atoms with E-state index in [0.717, 1.165) is 16.8 Å². The molecule has 1 heterocycles. The first kappa shape index (κ1) is 11.6. The van der Waals surface area contributed by atoms with E-state index in [0.29, 0.717) is 10.0 Å². The number of nitrogens with one attached hydrogen (secondary N) is 1. The zero-order chi connectivity index (χ0) is 12.7. The molecule has 2 aromatic rings. The van der Waals surface area contributed by atoms with Crippen molar-refractivity contribution in [3.63, 3.8) is 0 Å². The maximum atomic E-state index is 12.1. The highest BCUT2D eigenvalue weighted by molar-refractivity contribution is 6.42. The third kappa shape index (κ3) is 1.78. The molecule has 0 saturated heterocycles. The molecule has 18 heavy (non-hydrogen) atoms. The molecule has 1 atom stereocenters. The smallest absolute Gasteiger partial charge is 0.236 e. The van der Waals surface area contributed by atoms with Crippen molar-refractivity contribution in [1.82, 2.24) is 0 Å². The lowest BCUT2D eigenvalue weighted by molar-refractivity contribution is -0.116. The van der Waals surface area contributed by atoms with Crippen LogP contribution in [0.5, 0.6) is 0 Å². The molecule has 1 unspecified atom stereocenters. The van der Waals surface area contributed by atoms with Crippen LogP contribution in [0.25, 0.3) is 0 Å². The van der Waals surface area contributed by atoms with Gasteiger partial charge in [0.05, 0.1) is 16.0 Å². The predicted molar refractivity (Wildman–Crippen MR) is 73.4 cm³/mol. The second-order valence-corrected chi connectivity index (χ2v) is 5.00. The van der Waals surface area contributed by atoms with Gasteiger partial charge in [0.25, 0.3) is 0 Å². The van der Waals surface area contributed by atoms with E-state index in [2.05, 4.69) is 5.32 Å². The van der Waals surface area contributed by atoms with Crippen molar-refractivity contribution in [3.8, 4) is 0 Å². The van der Waals surface area contributed by atoms with Gasteiger partial charge >= 0.3 is 0 Å². The Bertz CT molecular complexity index is 625. The monoisotopic (exact) mass is 277 g/mol. The summed E-state index contributed by atoms with van der Waals surface area (Å²) in [5.74, 6) is -0.356. The van der Waals surface area contributed by atoms with Crippen LogP contribution in [0.4, 0.5) is 5.69 Å². The van der Waals surface area contributed by atoms with E-state index in [1.807, 2.05) is 30.3 Å². The topological polar surface area (TPSA) is 29.1 Å². The van der Waals surface area contributed by atoms with Crippen LogP contribution in [0.15, 0.2) is 42.5 Å². The Morgan fingerprint density at radius 3 is 2.39 bits per heavy atom. The molecule has 0 radical (unpaired) electrons. The molecule has 0 fully saturated rings. The van der Waals surface area contributed by atoms with Crippen molar-refractivity contribution in [2.75, 3.05) is 5.32 Å². The summed E-state index contributed by atoms with van der Waals surface area (Å²) in [6.07, 6.45) is 0. The molecule has 1 aliphatic heterocycles. The summed E-state index contributed by atoms with van der Waals surface area (Å²) in [5.41, 5.74) is 2.57. The highest BCUT2D eigenvalue weighted by Gasteiger charge is 2.32. The van der Waals surface area contributed by atoms with E-state index in [4.69, 9.17) is 23.2 Å². The standard InChI is InChI=1S/C14H9Cl2NO/c15-10-6-9-12(7-11(10)16)17-14(18)13(9)8-4-2-1-3-5-8/h1-7,13H,(H,17,18). The fraction of sp³-hybridized carbons (Fsp3) is 0.0714. The number of halogens is 2. The number of anilines is 1. The minimum absolute atomic E-state index is 0.0467. The van der Waals surface area contributed by atoms with Crippen molar-refractivity contribution < 1.29 is 4.79 Å². The van der Waals surface area contributed by atoms with Crippen LogP contribution in [0, 0.1) is 0 Å². The molecule has 0 bridgehead atoms. The minimum atomic E-state index is -0.309. The maximum Gasteiger partial charge on any atom is 0.236 e. The summed E-state index contributed by atoms with van der Waals surface area (Å²) in [6.45, 7) is 0. The van der Waals surface area contributed by atoms with Crippen LogP contribution in [0.2, 0.25) is 10.0 Å². The zero-order valence-corrected chi connectivity index (χ0v) is 10.8. The number of fused-ring (bicyclic) bond motifs is 1. The Kier molecular flexibility index (Phi) is 2.77. The molecule has 1 N–H and O–H groups in total. The molecule has 0 aliphatic carbocycles. The summed E-state index contributed by atoms with van der Waals surface area (Å²) in [4.78, 5) is 12.1. The van der Waals surface area contributed by atoms with Gasteiger partial charge in [0, 0.05) is 5.69 Å². The quantitative estimate of drug-likeness (QED) is 0.836. The lowest BCUT2D eigenvalue weighted by Crippen LogP contribution is -2.12. The second-order valence-electron chi connectivity index (χ2n) is 4.19. The highest BCUT2D eigenvalue weighted by atomic mass is 35.5. The van der Waals surface area contributed by atoms with Gasteiger partial charge in [-0.25, -0.2) is 0 Å². The first-order chi connectivity index (χ1) is 8.66. The van der Waals surface area contributed by atoms with Gasteiger partial charge in [-0.15, -0.1) is 0 Å². The molecular weight excluding hydrogens is 269 g/mol. The van der Waals surface area contributed by atoms with Gasteiger partial charge in [-0.2, -0.15) is 0 Å². The maximum absolute atomic E-state index is 12.1. The lowest BCUT2D eigenvalue weighted by Gasteiger charge is -2.09. The summed E-state index contributed by atoms with van der Waals surface area (Å²) < 4.78 is 0. The number of carbonyl (C=O) groups excluding carboxylic acids is 1. The minimum Gasteiger partial charge on any atom is -0.325 e. The van der Waals surface area contributed by atoms with Crippen molar-refractivity contribution in [2.45, 2.75) is 5.92 Å². The van der Waals surface area contributed by atoms with Crippen LogP contribution in [-0.2, 0) is 4.79 Å². The third-order valence-corrected chi connectivity index (χ3v) is 3.78. The molecule has 3 rings (SSSR count). The van der Waals surface area contributed by atoms with Crippen molar-refractivity contribution in [2.24, 2.45) is 0 Å². The van der Waals surface area contributed by atoms with Gasteiger partial charge in [0.15, 0.2) is 0 Å². The normalized spacial score (nSPS) is 17.4. The van der Waals surface area contributed by atoms with Gasteiger partial charge < -0.3 is 5.32 Å². The number of carbonyl (C=O) groups is 1. The molecule has 0 aromatic heterocycles. The van der Waals surface area contributed by atoms with E-state index in [1.54, 1.807) is 12.1 Å². The van der Waals surface area contributed by atoms with Gasteiger partial charge in [-0.05, 0) is 23.3 Å². The third-order valence-electron chi connectivity index (χ3n) is 3.06. The van der Waals surface area contributed by atoms with E-state index in [1.165, 1.54) is 0 Å². The Balaban J connectivity index is 2.15. The largest absolute Gasteiger partial charge is 0.325 e. The van der Waals surface area contributed by atoms with Gasteiger partial charge in [0.1, 0.15) is 0 Å². The molecular formula is C14H9Cl2NO. The Labute approximate surface area is 115 Å². The molecule has 4 heteroatoms. The van der Waals surface area contributed by atoms with E-state index < -0.39 is 0 Å². The van der Waals surface area contributed by atoms with Crippen LogP contribution in [-0.4, -0.2) is 5.91 Å². The molecule has 2 aromatic carbocycles. The van der Waals surface area contributed by atoms with E-state index >= 15 is 0 Å². The average Bonchev–Trinajstić information content (AvgIpc) is 2.66. The fourth-order valence-electron chi connectivity index (χ4n) is 2.23. The van der Waals surface area contributed by atoms with Crippen molar-refractivity contribution >= 4 is 34.8 Å². The summed E-state index contributed by atoms with van der Waals surface area (Å²) >= 11 is 12.0. The van der Waals surface area contributed by atoms with Crippen LogP contribution < -0.4 is 5.32 Å². The van der Waals surface area contributed by atoms with Gasteiger partial charge in [-0.1, -0.05) is 53.5 Å². The Hall–Kier alpha value is -1.51. The van der Waals surface area contributed by atoms with E-state index in [9.17, 15) is 4.79 Å². The van der Waals surface area contributed by atoms with Crippen molar-refractivity contribution in [1.29, 1.82) is 0 Å². The van der Waals surface area contributed by atoms with Crippen LogP contribution >= 0.6 is 23.2 Å². The molecule has 0 spiro atoms. The number of hydrogen-bond acceptors (Lipinski definition) is 1. The zero-order valence-electron chi connectivity index (χ0n) is 9.28. The fourth-order valence-corrected chi connectivity index (χ4v) is 2.57. The number of hydrogen-bond donors (Lipinski definition) is 1. The second kappa shape index (κ2) is 4.30. The number of amides is 1. The molecule has 1 amide bonds. The molecule has 1 aliphatic rings. The SMILES string of the molecule is O=C1Nc2cc(Cl)c(Cl)cc2C1c1ccccc1. The van der Waals surface area contributed by atoms with Gasteiger partial charge in [0.2, 0.25) is 5.91 Å². The summed E-state index contributed by atoms with van der Waals surface area (Å²) in [6, 6.07) is 13.1. The highest BCUT2D eigenvalue weighted by Crippen LogP contribution is 2.41. The summed E-state index contributed by atoms with van der Waals surface area (Å²) in [7, 11) is 0. The summed E-state index contributed by atoms with van der Waals surface area (Å²) in [5, 5.41) is 3.75. The lowest BCUT2D eigenvalue weighted by atomic mass is 9.93. The predicted octanol–water partition coefficient (Wildman–Crippen LogP) is 4.08. The van der Waals surface area contributed by atoms with Crippen molar-refractivity contribution in [3.05, 3.63) is 63.6 Å².